The minimum absolute atomic E-state index is 0.412. The molecule has 0 saturated carbocycles. The number of aliphatic carboxylic acids is 1. The standard InChI is InChI=1S/C17H27NO3/c1-12(2)18(13(3)4)11-10-16(17(19)20)14-6-8-15(21-5)9-7-14/h6-9,12-13,16H,10-11H2,1-5H3,(H,19,20)/t16-/m0/s1. The van der Waals surface area contributed by atoms with Gasteiger partial charge in [-0.15, -0.1) is 0 Å². The van der Waals surface area contributed by atoms with Gasteiger partial charge in [0.25, 0.3) is 0 Å². The molecule has 0 heterocycles. The van der Waals surface area contributed by atoms with Gasteiger partial charge < -0.3 is 9.84 Å². The van der Waals surface area contributed by atoms with Crippen molar-refractivity contribution in [1.29, 1.82) is 0 Å². The summed E-state index contributed by atoms with van der Waals surface area (Å²) in [7, 11) is 1.60. The van der Waals surface area contributed by atoms with Gasteiger partial charge in [0, 0.05) is 12.1 Å². The van der Waals surface area contributed by atoms with Gasteiger partial charge >= 0.3 is 5.97 Å². The van der Waals surface area contributed by atoms with E-state index in [-0.39, 0.29) is 0 Å². The third kappa shape index (κ3) is 5.05. The number of benzene rings is 1. The first kappa shape index (κ1) is 17.5. The number of rotatable bonds is 8. The van der Waals surface area contributed by atoms with Gasteiger partial charge in [0.15, 0.2) is 0 Å². The molecule has 0 saturated heterocycles. The van der Waals surface area contributed by atoms with E-state index >= 15 is 0 Å². The first-order valence-electron chi connectivity index (χ1n) is 7.49. The summed E-state index contributed by atoms with van der Waals surface area (Å²) in [4.78, 5) is 13.9. The van der Waals surface area contributed by atoms with Crippen LogP contribution in [0.4, 0.5) is 0 Å². The maximum absolute atomic E-state index is 11.6. The van der Waals surface area contributed by atoms with Crippen molar-refractivity contribution < 1.29 is 14.6 Å². The first-order valence-corrected chi connectivity index (χ1v) is 7.49. The summed E-state index contributed by atoms with van der Waals surface area (Å²) < 4.78 is 5.11. The smallest absolute Gasteiger partial charge is 0.311 e. The molecular weight excluding hydrogens is 266 g/mol. The van der Waals surface area contributed by atoms with E-state index in [0.717, 1.165) is 17.9 Å². The van der Waals surface area contributed by atoms with Crippen molar-refractivity contribution in [1.82, 2.24) is 4.90 Å². The predicted octanol–water partition coefficient (Wildman–Crippen LogP) is 3.37. The number of carboxylic acid groups (broad SMARTS) is 1. The maximum atomic E-state index is 11.6. The van der Waals surface area contributed by atoms with Gasteiger partial charge in [0.1, 0.15) is 5.75 Å². The molecule has 1 aromatic rings. The van der Waals surface area contributed by atoms with Crippen LogP contribution < -0.4 is 4.74 Å². The fraction of sp³-hybridized carbons (Fsp3) is 0.588. The normalized spacial score (nSPS) is 13.0. The molecule has 0 unspecified atom stereocenters. The lowest BCUT2D eigenvalue weighted by atomic mass is 9.95. The Morgan fingerprint density at radius 3 is 2.05 bits per heavy atom. The highest BCUT2D eigenvalue weighted by Gasteiger charge is 2.22. The molecule has 0 radical (unpaired) electrons. The van der Waals surface area contributed by atoms with E-state index in [0.29, 0.717) is 18.5 Å². The summed E-state index contributed by atoms with van der Waals surface area (Å²) in [6.07, 6.45) is 0.609. The number of ether oxygens (including phenoxy) is 1. The summed E-state index contributed by atoms with van der Waals surface area (Å²) in [6.45, 7) is 9.34. The predicted molar refractivity (Wildman–Crippen MR) is 85.0 cm³/mol. The quantitative estimate of drug-likeness (QED) is 0.798. The van der Waals surface area contributed by atoms with E-state index in [9.17, 15) is 9.90 Å². The van der Waals surface area contributed by atoms with Crippen molar-refractivity contribution in [3.63, 3.8) is 0 Å². The van der Waals surface area contributed by atoms with Crippen LogP contribution in [-0.4, -0.2) is 41.7 Å². The largest absolute Gasteiger partial charge is 0.497 e. The Morgan fingerprint density at radius 2 is 1.67 bits per heavy atom. The minimum Gasteiger partial charge on any atom is -0.497 e. The van der Waals surface area contributed by atoms with Crippen LogP contribution in [0.5, 0.6) is 5.75 Å². The van der Waals surface area contributed by atoms with E-state index in [4.69, 9.17) is 4.74 Å². The minimum atomic E-state index is -0.771. The summed E-state index contributed by atoms with van der Waals surface area (Å²) >= 11 is 0. The SMILES string of the molecule is COc1ccc([C@H](CCN(C(C)C)C(C)C)C(=O)O)cc1. The molecule has 0 aromatic heterocycles. The first-order chi connectivity index (χ1) is 9.86. The average molecular weight is 293 g/mol. The van der Waals surface area contributed by atoms with Gasteiger partial charge in [-0.3, -0.25) is 9.69 Å². The van der Waals surface area contributed by atoms with Crippen molar-refractivity contribution in [2.24, 2.45) is 0 Å². The summed E-state index contributed by atoms with van der Waals surface area (Å²) in [6, 6.07) is 8.13. The summed E-state index contributed by atoms with van der Waals surface area (Å²) in [5.41, 5.74) is 0.829. The molecule has 118 valence electrons. The zero-order chi connectivity index (χ0) is 16.0. The highest BCUT2D eigenvalue weighted by Crippen LogP contribution is 2.24. The van der Waals surface area contributed by atoms with Crippen molar-refractivity contribution in [2.45, 2.75) is 52.1 Å². The van der Waals surface area contributed by atoms with E-state index < -0.39 is 11.9 Å². The summed E-state index contributed by atoms with van der Waals surface area (Å²) in [5, 5.41) is 9.49. The van der Waals surface area contributed by atoms with Crippen LogP contribution in [0.1, 0.15) is 45.6 Å². The number of carboxylic acids is 1. The van der Waals surface area contributed by atoms with Crippen LogP contribution >= 0.6 is 0 Å². The van der Waals surface area contributed by atoms with E-state index in [1.807, 2.05) is 24.3 Å². The Labute approximate surface area is 127 Å². The van der Waals surface area contributed by atoms with Gasteiger partial charge in [-0.1, -0.05) is 12.1 Å². The number of nitrogens with zero attached hydrogens (tertiary/aromatic N) is 1. The van der Waals surface area contributed by atoms with Crippen LogP contribution in [0.3, 0.4) is 0 Å². The molecule has 1 aromatic carbocycles. The maximum Gasteiger partial charge on any atom is 0.311 e. The molecule has 0 aliphatic rings. The molecule has 0 fully saturated rings. The lowest BCUT2D eigenvalue weighted by Gasteiger charge is -2.31. The van der Waals surface area contributed by atoms with Gasteiger partial charge in [0.05, 0.1) is 13.0 Å². The van der Waals surface area contributed by atoms with Gasteiger partial charge in [-0.05, 0) is 58.4 Å². The van der Waals surface area contributed by atoms with Crippen LogP contribution in [0.2, 0.25) is 0 Å². The lowest BCUT2D eigenvalue weighted by molar-refractivity contribution is -0.139. The van der Waals surface area contributed by atoms with E-state index in [1.165, 1.54) is 0 Å². The van der Waals surface area contributed by atoms with Crippen molar-refractivity contribution >= 4 is 5.97 Å². The fourth-order valence-corrected chi connectivity index (χ4v) is 2.66. The third-order valence-electron chi connectivity index (χ3n) is 3.82. The zero-order valence-corrected chi connectivity index (χ0v) is 13.7. The molecule has 0 aliphatic carbocycles. The van der Waals surface area contributed by atoms with Gasteiger partial charge in [0.2, 0.25) is 0 Å². The monoisotopic (exact) mass is 293 g/mol. The molecule has 1 atom stereocenters. The second kappa shape index (κ2) is 8.03. The molecule has 1 rings (SSSR count). The Morgan fingerprint density at radius 1 is 1.14 bits per heavy atom. The number of hydrogen-bond acceptors (Lipinski definition) is 3. The van der Waals surface area contributed by atoms with Crippen molar-refractivity contribution in [3.05, 3.63) is 29.8 Å². The molecular formula is C17H27NO3. The molecule has 0 spiro atoms. The highest BCUT2D eigenvalue weighted by atomic mass is 16.5. The third-order valence-corrected chi connectivity index (χ3v) is 3.82. The molecule has 4 nitrogen and oxygen atoms in total. The van der Waals surface area contributed by atoms with Crippen LogP contribution in [0, 0.1) is 0 Å². The second-order valence-corrected chi connectivity index (χ2v) is 5.88. The van der Waals surface area contributed by atoms with E-state index in [1.54, 1.807) is 7.11 Å². The Hall–Kier alpha value is -1.55. The molecule has 0 aliphatic heterocycles. The lowest BCUT2D eigenvalue weighted by Crippen LogP contribution is -2.38. The van der Waals surface area contributed by atoms with Crippen molar-refractivity contribution in [2.75, 3.05) is 13.7 Å². The Kier molecular flexibility index (Phi) is 6.69. The molecule has 0 bridgehead atoms. The molecule has 1 N–H and O–H groups in total. The zero-order valence-electron chi connectivity index (χ0n) is 13.7. The Bertz CT molecular complexity index is 432. The number of hydrogen-bond donors (Lipinski definition) is 1. The van der Waals surface area contributed by atoms with Gasteiger partial charge in [-0.2, -0.15) is 0 Å². The van der Waals surface area contributed by atoms with Crippen LogP contribution in [0.25, 0.3) is 0 Å². The number of methoxy groups -OCH3 is 1. The summed E-state index contributed by atoms with van der Waals surface area (Å²) in [5.74, 6) is -0.502. The molecule has 0 amide bonds. The Balaban J connectivity index is 2.80. The highest BCUT2D eigenvalue weighted by molar-refractivity contribution is 5.76. The second-order valence-electron chi connectivity index (χ2n) is 5.88. The molecule has 21 heavy (non-hydrogen) atoms. The van der Waals surface area contributed by atoms with Gasteiger partial charge in [-0.25, -0.2) is 0 Å². The van der Waals surface area contributed by atoms with Crippen LogP contribution in [-0.2, 0) is 4.79 Å². The van der Waals surface area contributed by atoms with Crippen LogP contribution in [0.15, 0.2) is 24.3 Å². The van der Waals surface area contributed by atoms with E-state index in [2.05, 4.69) is 32.6 Å². The fourth-order valence-electron chi connectivity index (χ4n) is 2.66. The number of carbonyl (C=O) groups is 1. The molecule has 4 heteroatoms. The average Bonchev–Trinajstić information content (AvgIpc) is 2.42. The van der Waals surface area contributed by atoms with Crippen molar-refractivity contribution in [3.8, 4) is 5.75 Å². The topological polar surface area (TPSA) is 49.8 Å².